The van der Waals surface area contributed by atoms with Crippen molar-refractivity contribution < 1.29 is 4.42 Å². The van der Waals surface area contributed by atoms with Crippen LogP contribution in [-0.4, -0.2) is 0 Å². The van der Waals surface area contributed by atoms with Crippen molar-refractivity contribution in [3.05, 3.63) is 251 Å². The molecule has 274 valence electrons. The lowest BCUT2D eigenvalue weighted by molar-refractivity contribution is 0.669. The van der Waals surface area contributed by atoms with Crippen LogP contribution >= 0.6 is 0 Å². The lowest BCUT2D eigenvalue weighted by atomic mass is 9.67. The van der Waals surface area contributed by atoms with Crippen LogP contribution in [0, 0.1) is 20.8 Å². The minimum absolute atomic E-state index is 0.396. The Bertz CT molecular complexity index is 2920. The van der Waals surface area contributed by atoms with E-state index in [9.17, 15) is 0 Å². The second kappa shape index (κ2) is 15.3. The summed E-state index contributed by atoms with van der Waals surface area (Å²) in [4.78, 5) is 0. The van der Waals surface area contributed by atoms with Gasteiger partial charge in [-0.1, -0.05) is 223 Å². The van der Waals surface area contributed by atoms with Crippen LogP contribution in [0.2, 0.25) is 0 Å². The van der Waals surface area contributed by atoms with Crippen LogP contribution in [0.25, 0.3) is 55.0 Å². The Hall–Kier alpha value is -6.96. The Balaban J connectivity index is 0.000000143. The molecule has 1 heterocycles. The van der Waals surface area contributed by atoms with Gasteiger partial charge >= 0.3 is 0 Å². The second-order valence-electron chi connectivity index (χ2n) is 15.1. The summed E-state index contributed by atoms with van der Waals surface area (Å²) in [5.41, 5.74) is 15.6. The van der Waals surface area contributed by atoms with Crippen LogP contribution in [-0.2, 0) is 5.41 Å². The zero-order valence-corrected chi connectivity index (χ0v) is 32.6. The number of rotatable bonds is 3. The SMILES string of the molecule is Cc1ccc(-c2ccccc2)cc1.Cc1ccc2c(c1)C(c1ccccc1)(c1ccccc1)c1ccc3c(oc4ccccc43)c1-2.Cc1ccc2ccccc2c1. The first-order valence-electron chi connectivity index (χ1n) is 19.8. The van der Waals surface area contributed by atoms with Gasteiger partial charge < -0.3 is 4.42 Å². The molecule has 9 aromatic carbocycles. The van der Waals surface area contributed by atoms with E-state index in [2.05, 4.69) is 221 Å². The van der Waals surface area contributed by atoms with E-state index in [0.29, 0.717) is 0 Å². The molecule has 57 heavy (non-hydrogen) atoms. The molecule has 10 aromatic rings. The van der Waals surface area contributed by atoms with Crippen molar-refractivity contribution in [2.75, 3.05) is 0 Å². The molecule has 0 bridgehead atoms. The number of fused-ring (bicyclic) bond motifs is 8. The summed E-state index contributed by atoms with van der Waals surface area (Å²) in [6.07, 6.45) is 0. The molecule has 1 aliphatic rings. The predicted molar refractivity (Wildman–Crippen MR) is 241 cm³/mol. The molecule has 0 spiro atoms. The molecular formula is C56H44O. The minimum Gasteiger partial charge on any atom is -0.455 e. The third kappa shape index (κ3) is 6.62. The molecule has 0 saturated carbocycles. The van der Waals surface area contributed by atoms with Gasteiger partial charge in [-0.2, -0.15) is 0 Å². The number of para-hydroxylation sites is 1. The first kappa shape index (κ1) is 35.7. The fourth-order valence-corrected chi connectivity index (χ4v) is 8.55. The highest BCUT2D eigenvalue weighted by molar-refractivity contribution is 6.12. The maximum atomic E-state index is 6.55. The summed E-state index contributed by atoms with van der Waals surface area (Å²) in [7, 11) is 0. The van der Waals surface area contributed by atoms with Crippen molar-refractivity contribution >= 4 is 32.7 Å². The maximum absolute atomic E-state index is 6.55. The summed E-state index contributed by atoms with van der Waals surface area (Å²) in [5.74, 6) is 0. The van der Waals surface area contributed by atoms with E-state index in [1.54, 1.807) is 0 Å². The lowest BCUT2D eigenvalue weighted by Crippen LogP contribution is -2.28. The number of hydrogen-bond acceptors (Lipinski definition) is 1. The van der Waals surface area contributed by atoms with Gasteiger partial charge in [0.15, 0.2) is 0 Å². The van der Waals surface area contributed by atoms with E-state index < -0.39 is 5.41 Å². The number of hydrogen-bond donors (Lipinski definition) is 0. The van der Waals surface area contributed by atoms with E-state index in [1.165, 1.54) is 82.7 Å². The van der Waals surface area contributed by atoms with Gasteiger partial charge in [-0.3, -0.25) is 0 Å². The van der Waals surface area contributed by atoms with E-state index >= 15 is 0 Å². The van der Waals surface area contributed by atoms with E-state index in [-0.39, 0.29) is 0 Å². The Kier molecular flexibility index (Phi) is 9.58. The molecule has 0 fully saturated rings. The van der Waals surface area contributed by atoms with Crippen LogP contribution in [0.1, 0.15) is 38.9 Å². The van der Waals surface area contributed by atoms with Crippen molar-refractivity contribution in [2.24, 2.45) is 0 Å². The molecule has 1 nitrogen and oxygen atoms in total. The van der Waals surface area contributed by atoms with Gasteiger partial charge in [0.2, 0.25) is 0 Å². The van der Waals surface area contributed by atoms with Crippen LogP contribution < -0.4 is 0 Å². The average molecular weight is 733 g/mol. The quantitative estimate of drug-likeness (QED) is 0.176. The van der Waals surface area contributed by atoms with E-state index in [0.717, 1.165) is 11.2 Å². The van der Waals surface area contributed by atoms with Gasteiger partial charge in [0.1, 0.15) is 11.2 Å². The number of aryl methyl sites for hydroxylation is 3. The second-order valence-corrected chi connectivity index (χ2v) is 15.1. The van der Waals surface area contributed by atoms with Crippen LogP contribution in [0.15, 0.2) is 217 Å². The van der Waals surface area contributed by atoms with Gasteiger partial charge in [-0.15, -0.1) is 0 Å². The van der Waals surface area contributed by atoms with E-state index in [4.69, 9.17) is 4.42 Å². The fourth-order valence-electron chi connectivity index (χ4n) is 8.55. The predicted octanol–water partition coefficient (Wildman–Crippen LogP) is 15.1. The van der Waals surface area contributed by atoms with Gasteiger partial charge in [-0.05, 0) is 76.6 Å². The molecule has 0 unspecified atom stereocenters. The minimum atomic E-state index is -0.396. The van der Waals surface area contributed by atoms with Crippen LogP contribution in [0.4, 0.5) is 0 Å². The third-order valence-corrected chi connectivity index (χ3v) is 11.3. The molecular weight excluding hydrogens is 689 g/mol. The Morgan fingerprint density at radius 3 is 1.61 bits per heavy atom. The van der Waals surface area contributed by atoms with Crippen molar-refractivity contribution in [3.8, 4) is 22.3 Å². The molecule has 1 aromatic heterocycles. The Morgan fingerprint density at radius 1 is 0.368 bits per heavy atom. The van der Waals surface area contributed by atoms with Crippen molar-refractivity contribution in [1.82, 2.24) is 0 Å². The van der Waals surface area contributed by atoms with Gasteiger partial charge in [0, 0.05) is 16.3 Å². The smallest absolute Gasteiger partial charge is 0.143 e. The first-order valence-corrected chi connectivity index (χ1v) is 19.8. The molecule has 1 aliphatic carbocycles. The summed E-state index contributed by atoms with van der Waals surface area (Å²) in [5, 5.41) is 4.99. The van der Waals surface area contributed by atoms with Crippen LogP contribution in [0.3, 0.4) is 0 Å². The van der Waals surface area contributed by atoms with E-state index in [1.807, 2.05) is 12.1 Å². The standard InChI is InChI=1S/C32H22O.C13H12.C11H10/c1-21-16-17-26-28(20-21)32(22-10-4-2-5-11-22,23-12-6-3-7-13-23)27-19-18-25-24-14-8-9-15-29(24)33-31(25)30(26)27;1-11-7-9-13(10-8-11)12-5-3-2-4-6-12;1-9-6-7-10-4-2-3-5-11(10)8-9/h2-20H,1H3;2-10H,1H3;2-8H,1H3. The third-order valence-electron chi connectivity index (χ3n) is 11.3. The largest absolute Gasteiger partial charge is 0.455 e. The van der Waals surface area contributed by atoms with Crippen molar-refractivity contribution in [3.63, 3.8) is 0 Å². The van der Waals surface area contributed by atoms with Crippen molar-refractivity contribution in [1.29, 1.82) is 0 Å². The molecule has 1 heteroatoms. The highest BCUT2D eigenvalue weighted by Crippen LogP contribution is 2.58. The monoisotopic (exact) mass is 732 g/mol. The highest BCUT2D eigenvalue weighted by atomic mass is 16.3. The lowest BCUT2D eigenvalue weighted by Gasteiger charge is -2.34. The Labute approximate surface area is 335 Å². The number of benzene rings is 9. The topological polar surface area (TPSA) is 13.1 Å². The summed E-state index contributed by atoms with van der Waals surface area (Å²) < 4.78 is 6.55. The van der Waals surface area contributed by atoms with Gasteiger partial charge in [-0.25, -0.2) is 0 Å². The van der Waals surface area contributed by atoms with Crippen molar-refractivity contribution in [2.45, 2.75) is 26.2 Å². The number of furan rings is 1. The van der Waals surface area contributed by atoms with Crippen LogP contribution in [0.5, 0.6) is 0 Å². The molecule has 11 rings (SSSR count). The molecule has 0 atom stereocenters. The molecule has 0 N–H and O–H groups in total. The molecule has 0 radical (unpaired) electrons. The maximum Gasteiger partial charge on any atom is 0.143 e. The highest BCUT2D eigenvalue weighted by Gasteiger charge is 2.47. The molecule has 0 amide bonds. The molecule has 0 saturated heterocycles. The summed E-state index contributed by atoms with van der Waals surface area (Å²) >= 11 is 0. The van der Waals surface area contributed by atoms with Gasteiger partial charge in [0.25, 0.3) is 0 Å². The zero-order valence-electron chi connectivity index (χ0n) is 32.6. The zero-order chi connectivity index (χ0) is 38.8. The molecule has 0 aliphatic heterocycles. The first-order chi connectivity index (χ1) is 28.0. The van der Waals surface area contributed by atoms with Gasteiger partial charge in [0.05, 0.1) is 5.41 Å². The average Bonchev–Trinajstić information content (AvgIpc) is 3.79. The fraction of sp³-hybridized carbons (Fsp3) is 0.0714. The Morgan fingerprint density at radius 2 is 0.912 bits per heavy atom. The normalized spacial score (nSPS) is 12.3. The summed E-state index contributed by atoms with van der Waals surface area (Å²) in [6, 6.07) is 75.5. The summed E-state index contributed by atoms with van der Waals surface area (Å²) in [6.45, 7) is 6.40.